The minimum Gasteiger partial charge on any atom is -0.480 e. The molecule has 0 saturated carbocycles. The van der Waals surface area contributed by atoms with E-state index in [1.807, 2.05) is 13.8 Å². The Morgan fingerprint density at radius 2 is 1.86 bits per heavy atom. The van der Waals surface area contributed by atoms with E-state index < -0.39 is 47.1 Å². The lowest BCUT2D eigenvalue weighted by Crippen LogP contribution is -2.57. The van der Waals surface area contributed by atoms with Gasteiger partial charge >= 0.3 is 5.97 Å². The van der Waals surface area contributed by atoms with Crippen LogP contribution in [0, 0.1) is 5.92 Å². The summed E-state index contributed by atoms with van der Waals surface area (Å²) >= 11 is 4.04. The van der Waals surface area contributed by atoms with E-state index in [0.29, 0.717) is 38.8 Å². The van der Waals surface area contributed by atoms with Crippen LogP contribution in [-0.2, 0) is 19.2 Å². The molecule has 10 heteroatoms. The molecule has 0 radical (unpaired) electrons. The van der Waals surface area contributed by atoms with E-state index in [1.165, 1.54) is 4.90 Å². The molecular weight excluding hydrogens is 386 g/mol. The average Bonchev–Trinajstić information content (AvgIpc) is 3.17. The maximum atomic E-state index is 12.9. The van der Waals surface area contributed by atoms with Crippen molar-refractivity contribution in [2.75, 3.05) is 13.1 Å². The summed E-state index contributed by atoms with van der Waals surface area (Å²) in [6.45, 7) is 6.14. The molecule has 0 aliphatic carbocycles. The maximum Gasteiger partial charge on any atom is 0.326 e. The maximum absolute atomic E-state index is 12.9. The van der Waals surface area contributed by atoms with Gasteiger partial charge in [0.1, 0.15) is 17.3 Å². The van der Waals surface area contributed by atoms with E-state index in [2.05, 4.69) is 23.3 Å². The summed E-state index contributed by atoms with van der Waals surface area (Å²) in [7, 11) is 0. The number of hydrogen-bond donors (Lipinski definition) is 5. The van der Waals surface area contributed by atoms with Crippen LogP contribution >= 0.6 is 12.6 Å². The molecule has 160 valence electrons. The van der Waals surface area contributed by atoms with Crippen LogP contribution in [0.2, 0.25) is 0 Å². The van der Waals surface area contributed by atoms with E-state index in [0.717, 1.165) is 0 Å². The van der Waals surface area contributed by atoms with E-state index in [9.17, 15) is 29.4 Å². The van der Waals surface area contributed by atoms with Crippen LogP contribution in [0.1, 0.15) is 46.5 Å². The highest BCUT2D eigenvalue weighted by molar-refractivity contribution is 7.82. The first-order valence-corrected chi connectivity index (χ1v) is 10.1. The van der Waals surface area contributed by atoms with Crippen LogP contribution in [0.3, 0.4) is 0 Å². The minimum atomic E-state index is -1.67. The second-order valence-corrected chi connectivity index (χ2v) is 7.64. The molecule has 0 spiro atoms. The zero-order valence-corrected chi connectivity index (χ0v) is 17.4. The number of nitrogens with one attached hydrogen (secondary N) is 2. The van der Waals surface area contributed by atoms with Crippen molar-refractivity contribution in [2.24, 2.45) is 5.92 Å². The molecule has 0 unspecified atom stereocenters. The average molecular weight is 418 g/mol. The fraction of sp³-hybridized carbons (Fsp3) is 0.778. The first-order chi connectivity index (χ1) is 13.1. The van der Waals surface area contributed by atoms with Crippen molar-refractivity contribution in [1.29, 1.82) is 0 Å². The first-order valence-electron chi connectivity index (χ1n) is 9.63. The molecule has 4 N–H and O–H groups in total. The second-order valence-electron chi connectivity index (χ2n) is 7.08. The summed E-state index contributed by atoms with van der Waals surface area (Å²) < 4.78 is 0. The molecule has 1 aliphatic rings. The minimum absolute atomic E-state index is 0.266. The highest BCUT2D eigenvalue weighted by Crippen LogP contribution is 2.21. The molecule has 1 fully saturated rings. The van der Waals surface area contributed by atoms with Crippen LogP contribution in [0.15, 0.2) is 0 Å². The van der Waals surface area contributed by atoms with E-state index >= 15 is 0 Å². The van der Waals surface area contributed by atoms with Crippen LogP contribution < -0.4 is 10.6 Å². The number of aliphatic carboxylic acids is 1. The van der Waals surface area contributed by atoms with Gasteiger partial charge in [-0.25, -0.2) is 4.79 Å². The second kappa shape index (κ2) is 11.3. The van der Waals surface area contributed by atoms with Gasteiger partial charge < -0.3 is 25.7 Å². The quantitative estimate of drug-likeness (QED) is 0.312. The summed E-state index contributed by atoms with van der Waals surface area (Å²) in [4.78, 5) is 50.0. The van der Waals surface area contributed by atoms with Crippen molar-refractivity contribution in [1.82, 2.24) is 15.5 Å². The molecule has 1 aliphatic heterocycles. The molecule has 1 heterocycles. The Hall–Kier alpha value is -1.81. The summed E-state index contributed by atoms with van der Waals surface area (Å²) in [5, 5.41) is 23.0. The third-order valence-electron chi connectivity index (χ3n) is 4.98. The number of likely N-dealkylation sites (tertiary alicyclic amines) is 1. The molecule has 1 saturated heterocycles. The fourth-order valence-electron chi connectivity index (χ4n) is 3.03. The van der Waals surface area contributed by atoms with Gasteiger partial charge in [0.25, 0.3) is 5.91 Å². The zero-order chi connectivity index (χ0) is 21.4. The van der Waals surface area contributed by atoms with Crippen LogP contribution in [-0.4, -0.2) is 75.3 Å². The molecule has 5 atom stereocenters. The Morgan fingerprint density at radius 3 is 2.39 bits per heavy atom. The van der Waals surface area contributed by atoms with Gasteiger partial charge in [-0.2, -0.15) is 12.6 Å². The van der Waals surface area contributed by atoms with Crippen molar-refractivity contribution >= 4 is 36.3 Å². The smallest absolute Gasteiger partial charge is 0.326 e. The molecule has 28 heavy (non-hydrogen) atoms. The molecule has 0 bridgehead atoms. The summed E-state index contributed by atoms with van der Waals surface area (Å²) in [5.74, 6) is -3.28. The van der Waals surface area contributed by atoms with E-state index in [1.54, 1.807) is 6.92 Å². The fourth-order valence-corrected chi connectivity index (χ4v) is 3.24. The van der Waals surface area contributed by atoms with Crippen molar-refractivity contribution in [3.05, 3.63) is 0 Å². The van der Waals surface area contributed by atoms with Crippen molar-refractivity contribution in [2.45, 2.75) is 69.9 Å². The van der Waals surface area contributed by atoms with Crippen LogP contribution in [0.5, 0.6) is 0 Å². The topological polar surface area (TPSA) is 136 Å². The number of hydrogen-bond acceptors (Lipinski definition) is 6. The number of carboxylic acid groups (broad SMARTS) is 1. The van der Waals surface area contributed by atoms with Gasteiger partial charge in [0, 0.05) is 13.1 Å². The Kier molecular flexibility index (Phi) is 9.74. The normalized spacial score (nSPS) is 20.8. The van der Waals surface area contributed by atoms with Crippen molar-refractivity contribution in [3.63, 3.8) is 0 Å². The predicted molar refractivity (Wildman–Crippen MR) is 106 cm³/mol. The molecule has 0 aromatic carbocycles. The number of aliphatic hydroxyl groups excluding tert-OH is 1. The number of nitrogens with zero attached hydrogens (tertiary/aromatic N) is 1. The largest absolute Gasteiger partial charge is 0.480 e. The number of aliphatic hydroxyl groups is 1. The Balaban J connectivity index is 2.88. The third kappa shape index (κ3) is 6.10. The number of carbonyl (C=O) groups is 4. The van der Waals surface area contributed by atoms with Gasteiger partial charge in [0.2, 0.25) is 11.8 Å². The summed E-state index contributed by atoms with van der Waals surface area (Å²) in [6.07, 6.45) is 0.524. The summed E-state index contributed by atoms with van der Waals surface area (Å²) in [6, 6.07) is -1.87. The molecule has 3 amide bonds. The number of rotatable bonds is 10. The molecule has 9 nitrogen and oxygen atoms in total. The lowest BCUT2D eigenvalue weighted by atomic mass is 9.97. The lowest BCUT2D eigenvalue weighted by Gasteiger charge is -2.31. The SMILES string of the molecule is CCCNC(=O)[C@@H](O)[C@@H](S)C(=O)N[C@H](C(=O)N1CCC[C@H]1C(=O)O)[C@@H](C)CC. The first kappa shape index (κ1) is 24.2. The molecule has 0 aromatic heterocycles. The van der Waals surface area contributed by atoms with Gasteiger partial charge in [0.15, 0.2) is 6.10 Å². The number of carbonyl (C=O) groups excluding carboxylic acids is 3. The van der Waals surface area contributed by atoms with Crippen LogP contribution in [0.4, 0.5) is 0 Å². The molecular formula is C18H31N3O6S. The molecule has 1 rings (SSSR count). The van der Waals surface area contributed by atoms with Gasteiger partial charge in [-0.1, -0.05) is 27.2 Å². The van der Waals surface area contributed by atoms with Gasteiger partial charge in [-0.05, 0) is 25.2 Å². The summed E-state index contributed by atoms with van der Waals surface area (Å²) in [5.41, 5.74) is 0. The standard InChI is InChI=1S/C18H31N3O6S/c1-4-8-19-15(23)13(22)14(28)16(24)20-12(10(3)5-2)17(25)21-9-6-7-11(21)18(26)27/h10-14,22,28H,4-9H2,1-3H3,(H,19,23)(H,20,24)(H,26,27)/t10-,11-,12-,13-,14+/m0/s1. The highest BCUT2D eigenvalue weighted by atomic mass is 32.1. The van der Waals surface area contributed by atoms with Gasteiger partial charge in [-0.15, -0.1) is 0 Å². The number of carboxylic acids is 1. The van der Waals surface area contributed by atoms with Gasteiger partial charge in [0.05, 0.1) is 0 Å². The Morgan fingerprint density at radius 1 is 1.21 bits per heavy atom. The number of thiol groups is 1. The Labute approximate surface area is 170 Å². The lowest BCUT2D eigenvalue weighted by molar-refractivity contribution is -0.150. The zero-order valence-electron chi connectivity index (χ0n) is 16.6. The monoisotopic (exact) mass is 417 g/mol. The Bertz CT molecular complexity index is 588. The van der Waals surface area contributed by atoms with Crippen LogP contribution in [0.25, 0.3) is 0 Å². The number of amides is 3. The highest BCUT2D eigenvalue weighted by Gasteiger charge is 2.40. The van der Waals surface area contributed by atoms with Gasteiger partial charge in [-0.3, -0.25) is 14.4 Å². The van der Waals surface area contributed by atoms with Crippen molar-refractivity contribution in [3.8, 4) is 0 Å². The van der Waals surface area contributed by atoms with E-state index in [4.69, 9.17) is 0 Å². The molecule has 0 aromatic rings. The van der Waals surface area contributed by atoms with Crippen molar-refractivity contribution < 1.29 is 29.4 Å². The third-order valence-corrected chi connectivity index (χ3v) is 5.50. The van der Waals surface area contributed by atoms with E-state index in [-0.39, 0.29) is 5.92 Å². The predicted octanol–water partition coefficient (Wildman–Crippen LogP) is -0.222.